The summed E-state index contributed by atoms with van der Waals surface area (Å²) in [6.07, 6.45) is 1.22. The van der Waals surface area contributed by atoms with Gasteiger partial charge in [0.25, 0.3) is 0 Å². The molecule has 0 radical (unpaired) electrons. The molecule has 0 saturated carbocycles. The third-order valence-electron chi connectivity index (χ3n) is 3.82. The summed E-state index contributed by atoms with van der Waals surface area (Å²) in [4.78, 5) is 2.44. The smallest absolute Gasteiger partial charge is 0.124 e. The Bertz CT molecular complexity index is 424. The van der Waals surface area contributed by atoms with Crippen LogP contribution in [-0.4, -0.2) is 45.5 Å². The van der Waals surface area contributed by atoms with Crippen LogP contribution in [0.25, 0.3) is 0 Å². The highest BCUT2D eigenvalue weighted by molar-refractivity contribution is 5.56. The highest BCUT2D eigenvalue weighted by atomic mass is 16.5. The zero-order valence-corrected chi connectivity index (χ0v) is 11.5. The van der Waals surface area contributed by atoms with E-state index in [0.29, 0.717) is 0 Å². The van der Waals surface area contributed by atoms with Gasteiger partial charge in [0.05, 0.1) is 13.2 Å². The molecule has 2 heterocycles. The third-order valence-corrected chi connectivity index (χ3v) is 3.82. The van der Waals surface area contributed by atoms with Gasteiger partial charge in [0, 0.05) is 38.3 Å². The molecule has 1 unspecified atom stereocenters. The van der Waals surface area contributed by atoms with Crippen molar-refractivity contribution in [2.75, 3.05) is 44.3 Å². The number of ether oxygens (including phenoxy) is 2. The van der Waals surface area contributed by atoms with Crippen LogP contribution >= 0.6 is 0 Å². The maximum atomic E-state index is 5.94. The molecule has 0 bridgehead atoms. The fraction of sp³-hybridized carbons (Fsp3) is 0.600. The predicted molar refractivity (Wildman–Crippen MR) is 76.1 cm³/mol. The summed E-state index contributed by atoms with van der Waals surface area (Å²) in [5.74, 6) is 0.965. The van der Waals surface area contributed by atoms with E-state index < -0.39 is 0 Å². The minimum absolute atomic E-state index is 0.226. The van der Waals surface area contributed by atoms with Gasteiger partial charge in [-0.3, -0.25) is 0 Å². The van der Waals surface area contributed by atoms with Crippen LogP contribution in [0.3, 0.4) is 0 Å². The molecule has 2 fully saturated rings. The van der Waals surface area contributed by atoms with Gasteiger partial charge in [-0.2, -0.15) is 0 Å². The van der Waals surface area contributed by atoms with Gasteiger partial charge < -0.3 is 19.7 Å². The number of piperazine rings is 1. The quantitative estimate of drug-likeness (QED) is 0.896. The Morgan fingerprint density at radius 2 is 2.16 bits per heavy atom. The second-order valence-electron chi connectivity index (χ2n) is 5.29. The average molecular weight is 262 g/mol. The first-order valence-corrected chi connectivity index (χ1v) is 7.13. The summed E-state index contributed by atoms with van der Waals surface area (Å²) < 4.78 is 11.3. The molecule has 2 saturated heterocycles. The number of hydrogen-bond acceptors (Lipinski definition) is 4. The van der Waals surface area contributed by atoms with E-state index in [-0.39, 0.29) is 6.10 Å². The highest BCUT2D eigenvalue weighted by Gasteiger charge is 2.18. The van der Waals surface area contributed by atoms with Crippen LogP contribution in [0.1, 0.15) is 12.0 Å². The van der Waals surface area contributed by atoms with Gasteiger partial charge in [0.2, 0.25) is 0 Å². The first-order valence-electron chi connectivity index (χ1n) is 7.13. The fourth-order valence-electron chi connectivity index (χ4n) is 2.76. The van der Waals surface area contributed by atoms with Gasteiger partial charge in [0.1, 0.15) is 11.9 Å². The van der Waals surface area contributed by atoms with Crippen molar-refractivity contribution in [3.8, 4) is 5.75 Å². The van der Waals surface area contributed by atoms with Crippen molar-refractivity contribution in [2.24, 2.45) is 0 Å². The largest absolute Gasteiger partial charge is 0.488 e. The molecule has 0 spiro atoms. The summed E-state index contributed by atoms with van der Waals surface area (Å²) in [5.41, 5.74) is 2.62. The van der Waals surface area contributed by atoms with Crippen molar-refractivity contribution in [3.63, 3.8) is 0 Å². The van der Waals surface area contributed by atoms with Gasteiger partial charge in [-0.15, -0.1) is 0 Å². The van der Waals surface area contributed by atoms with Crippen molar-refractivity contribution in [2.45, 2.75) is 19.4 Å². The molecule has 1 aromatic rings. The second kappa shape index (κ2) is 5.80. The lowest BCUT2D eigenvalue weighted by Crippen LogP contribution is -2.43. The van der Waals surface area contributed by atoms with Gasteiger partial charge >= 0.3 is 0 Å². The van der Waals surface area contributed by atoms with E-state index in [2.05, 4.69) is 35.3 Å². The molecule has 1 atom stereocenters. The Morgan fingerprint density at radius 3 is 2.84 bits per heavy atom. The standard InChI is InChI=1S/C15H22N2O2/c1-12-10-13(19-14-4-9-18-11-14)2-3-15(12)17-7-5-16-6-8-17/h2-3,10,14,16H,4-9,11H2,1H3. The van der Waals surface area contributed by atoms with Gasteiger partial charge in [-0.05, 0) is 30.7 Å². The second-order valence-corrected chi connectivity index (χ2v) is 5.29. The number of nitrogens with zero attached hydrogens (tertiary/aromatic N) is 1. The lowest BCUT2D eigenvalue weighted by Gasteiger charge is -2.31. The molecule has 0 aromatic heterocycles. The van der Waals surface area contributed by atoms with Crippen LogP contribution in [0, 0.1) is 6.92 Å². The van der Waals surface area contributed by atoms with Gasteiger partial charge in [-0.25, -0.2) is 0 Å². The molecule has 4 nitrogen and oxygen atoms in total. The topological polar surface area (TPSA) is 33.7 Å². The van der Waals surface area contributed by atoms with Crippen LogP contribution in [0.2, 0.25) is 0 Å². The molecule has 3 rings (SSSR count). The average Bonchev–Trinajstić information content (AvgIpc) is 2.93. The molecular weight excluding hydrogens is 240 g/mol. The molecule has 0 amide bonds. The summed E-state index contributed by atoms with van der Waals surface area (Å²) >= 11 is 0. The SMILES string of the molecule is Cc1cc(OC2CCOC2)ccc1N1CCNCC1. The summed E-state index contributed by atoms with van der Waals surface area (Å²) in [5, 5.41) is 3.38. The number of anilines is 1. The van der Waals surface area contributed by atoms with Gasteiger partial charge in [-0.1, -0.05) is 0 Å². The summed E-state index contributed by atoms with van der Waals surface area (Å²) in [6, 6.07) is 6.42. The van der Waals surface area contributed by atoms with E-state index in [1.807, 2.05) is 0 Å². The van der Waals surface area contributed by atoms with Crippen molar-refractivity contribution in [1.82, 2.24) is 5.32 Å². The zero-order valence-electron chi connectivity index (χ0n) is 11.5. The monoisotopic (exact) mass is 262 g/mol. The van der Waals surface area contributed by atoms with Crippen LogP contribution in [0.15, 0.2) is 18.2 Å². The van der Waals surface area contributed by atoms with Crippen LogP contribution in [-0.2, 0) is 4.74 Å². The van der Waals surface area contributed by atoms with Crippen LogP contribution < -0.4 is 15.0 Å². The minimum Gasteiger partial charge on any atom is -0.488 e. The molecule has 104 valence electrons. The Kier molecular flexibility index (Phi) is 3.89. The highest BCUT2D eigenvalue weighted by Crippen LogP contribution is 2.26. The number of hydrogen-bond donors (Lipinski definition) is 1. The van der Waals surface area contributed by atoms with E-state index in [0.717, 1.165) is 51.6 Å². The minimum atomic E-state index is 0.226. The van der Waals surface area contributed by atoms with Crippen molar-refractivity contribution >= 4 is 5.69 Å². The first kappa shape index (κ1) is 12.8. The summed E-state index contributed by atoms with van der Waals surface area (Å²) in [6.45, 7) is 8.00. The van der Waals surface area contributed by atoms with E-state index in [9.17, 15) is 0 Å². The number of benzene rings is 1. The molecule has 1 N–H and O–H groups in total. The lowest BCUT2D eigenvalue weighted by atomic mass is 10.1. The molecule has 0 aliphatic carbocycles. The Morgan fingerprint density at radius 1 is 1.32 bits per heavy atom. The Balaban J connectivity index is 1.69. The zero-order chi connectivity index (χ0) is 13.1. The van der Waals surface area contributed by atoms with Crippen molar-refractivity contribution < 1.29 is 9.47 Å². The Hall–Kier alpha value is -1.26. The van der Waals surface area contributed by atoms with E-state index in [1.54, 1.807) is 0 Å². The maximum Gasteiger partial charge on any atom is 0.124 e. The number of aryl methyl sites for hydroxylation is 1. The maximum absolute atomic E-state index is 5.94. The van der Waals surface area contributed by atoms with E-state index >= 15 is 0 Å². The van der Waals surface area contributed by atoms with Crippen LogP contribution in [0.5, 0.6) is 5.75 Å². The van der Waals surface area contributed by atoms with Crippen molar-refractivity contribution in [3.05, 3.63) is 23.8 Å². The molecule has 2 aliphatic rings. The van der Waals surface area contributed by atoms with E-state index in [4.69, 9.17) is 9.47 Å². The molecule has 19 heavy (non-hydrogen) atoms. The van der Waals surface area contributed by atoms with E-state index in [1.165, 1.54) is 11.3 Å². The molecular formula is C15H22N2O2. The number of nitrogens with one attached hydrogen (secondary N) is 1. The first-order chi connectivity index (χ1) is 9.33. The van der Waals surface area contributed by atoms with Crippen LogP contribution in [0.4, 0.5) is 5.69 Å². The molecule has 1 aromatic carbocycles. The lowest BCUT2D eigenvalue weighted by molar-refractivity contribution is 0.141. The summed E-state index contributed by atoms with van der Waals surface area (Å²) in [7, 11) is 0. The number of rotatable bonds is 3. The predicted octanol–water partition coefficient (Wildman–Crippen LogP) is 1.57. The normalized spacial score (nSPS) is 23.6. The fourth-order valence-corrected chi connectivity index (χ4v) is 2.76. The third kappa shape index (κ3) is 3.01. The van der Waals surface area contributed by atoms with Crippen molar-refractivity contribution in [1.29, 1.82) is 0 Å². The molecule has 4 heteroatoms. The van der Waals surface area contributed by atoms with Gasteiger partial charge in [0.15, 0.2) is 0 Å². The molecule has 2 aliphatic heterocycles. The Labute approximate surface area is 114 Å².